The number of ether oxygens (including phenoxy) is 1. The van der Waals surface area contributed by atoms with E-state index < -0.39 is 36.6 Å². The number of nitro groups is 1. The molecule has 126 valence electrons. The van der Waals surface area contributed by atoms with E-state index in [0.29, 0.717) is 5.56 Å². The van der Waals surface area contributed by atoms with Crippen molar-refractivity contribution in [1.82, 2.24) is 0 Å². The number of carbonyl (C=O) groups excluding carboxylic acids is 1. The third-order valence-electron chi connectivity index (χ3n) is 3.47. The lowest BCUT2D eigenvalue weighted by Crippen LogP contribution is -2.34. The molecule has 0 bridgehead atoms. The van der Waals surface area contributed by atoms with E-state index in [9.17, 15) is 23.3 Å². The highest BCUT2D eigenvalue weighted by atomic mass is 32.2. The molecule has 2 aromatic rings. The third-order valence-corrected chi connectivity index (χ3v) is 5.54. The predicted octanol–water partition coefficient (Wildman–Crippen LogP) is 2.15. The number of esters is 1. The van der Waals surface area contributed by atoms with Gasteiger partial charge in [0.25, 0.3) is 5.69 Å². The number of benzene rings is 2. The van der Waals surface area contributed by atoms with Gasteiger partial charge in [-0.25, -0.2) is 8.42 Å². The maximum atomic E-state index is 12.9. The topological polar surface area (TPSA) is 104 Å². The van der Waals surface area contributed by atoms with Crippen LogP contribution >= 0.6 is 0 Å². The molecule has 1 atom stereocenters. The molecule has 0 spiro atoms. The Morgan fingerprint density at radius 1 is 1.12 bits per heavy atom. The standard InChI is InChI=1S/C16H15NO6S/c1-23-16(18)15(11-12-7-3-2-4-8-12)24(21,22)14-10-6-5-9-13(14)17(19)20/h2-10,15H,11H2,1H3/t15-/m1/s1. The van der Waals surface area contributed by atoms with Gasteiger partial charge in [-0.05, 0) is 11.6 Å². The van der Waals surface area contributed by atoms with Gasteiger partial charge in [0.15, 0.2) is 15.1 Å². The van der Waals surface area contributed by atoms with Gasteiger partial charge in [0.2, 0.25) is 0 Å². The van der Waals surface area contributed by atoms with Crippen molar-refractivity contribution in [3.8, 4) is 0 Å². The SMILES string of the molecule is COC(=O)[C@@H](Cc1ccccc1)S(=O)(=O)c1ccccc1[N+](=O)[O-]. The summed E-state index contributed by atoms with van der Waals surface area (Å²) in [5.74, 6) is -0.961. The Hall–Kier alpha value is -2.74. The molecule has 0 N–H and O–H groups in total. The second-order valence-electron chi connectivity index (χ2n) is 4.97. The van der Waals surface area contributed by atoms with Crippen molar-refractivity contribution < 1.29 is 22.9 Å². The summed E-state index contributed by atoms with van der Waals surface area (Å²) in [7, 11) is -3.22. The molecular formula is C16H15NO6S. The number of rotatable bonds is 6. The van der Waals surface area contributed by atoms with Crippen LogP contribution in [0.25, 0.3) is 0 Å². The maximum Gasteiger partial charge on any atom is 0.324 e. The predicted molar refractivity (Wildman–Crippen MR) is 86.2 cm³/mol. The summed E-state index contributed by atoms with van der Waals surface area (Å²) >= 11 is 0. The molecule has 0 aromatic heterocycles. The van der Waals surface area contributed by atoms with Gasteiger partial charge in [0.1, 0.15) is 4.90 Å². The third kappa shape index (κ3) is 3.60. The average Bonchev–Trinajstić information content (AvgIpc) is 2.59. The van der Waals surface area contributed by atoms with Crippen molar-refractivity contribution in [2.75, 3.05) is 7.11 Å². The minimum absolute atomic E-state index is 0.137. The van der Waals surface area contributed by atoms with E-state index in [2.05, 4.69) is 4.74 Å². The quantitative estimate of drug-likeness (QED) is 0.450. The Morgan fingerprint density at radius 3 is 2.29 bits per heavy atom. The summed E-state index contributed by atoms with van der Waals surface area (Å²) in [5.41, 5.74) is 0.0366. The summed E-state index contributed by atoms with van der Waals surface area (Å²) in [6.07, 6.45) is -0.137. The molecule has 2 rings (SSSR count). The largest absolute Gasteiger partial charge is 0.468 e. The van der Waals surface area contributed by atoms with Crippen molar-refractivity contribution in [3.05, 3.63) is 70.3 Å². The Kier molecular flexibility index (Phi) is 5.30. The summed E-state index contributed by atoms with van der Waals surface area (Å²) < 4.78 is 30.3. The normalized spacial score (nSPS) is 12.4. The number of carbonyl (C=O) groups is 1. The molecule has 0 saturated carbocycles. The molecule has 0 heterocycles. The number of methoxy groups -OCH3 is 1. The zero-order chi connectivity index (χ0) is 17.7. The van der Waals surface area contributed by atoms with E-state index in [1.807, 2.05) is 0 Å². The van der Waals surface area contributed by atoms with Crippen LogP contribution in [0.1, 0.15) is 5.56 Å². The van der Waals surface area contributed by atoms with Crippen molar-refractivity contribution in [2.45, 2.75) is 16.6 Å². The van der Waals surface area contributed by atoms with Crippen LogP contribution in [-0.4, -0.2) is 31.7 Å². The summed E-state index contributed by atoms with van der Waals surface area (Å²) in [6, 6.07) is 13.5. The highest BCUT2D eigenvalue weighted by Gasteiger charge is 2.38. The molecule has 8 heteroatoms. The van der Waals surface area contributed by atoms with Crippen LogP contribution in [0.4, 0.5) is 5.69 Å². The van der Waals surface area contributed by atoms with Gasteiger partial charge in [0.05, 0.1) is 12.0 Å². The molecule has 0 unspecified atom stereocenters. The monoisotopic (exact) mass is 349 g/mol. The maximum absolute atomic E-state index is 12.9. The lowest BCUT2D eigenvalue weighted by Gasteiger charge is -2.15. The van der Waals surface area contributed by atoms with Gasteiger partial charge in [-0.1, -0.05) is 42.5 Å². The molecule has 0 aliphatic carbocycles. The van der Waals surface area contributed by atoms with Crippen molar-refractivity contribution in [2.24, 2.45) is 0 Å². The molecule has 2 aromatic carbocycles. The number of hydrogen-bond acceptors (Lipinski definition) is 6. The molecule has 0 saturated heterocycles. The van der Waals surface area contributed by atoms with Crippen molar-refractivity contribution in [1.29, 1.82) is 0 Å². The minimum Gasteiger partial charge on any atom is -0.468 e. The Labute approximate surface area is 139 Å². The van der Waals surface area contributed by atoms with Gasteiger partial charge in [-0.2, -0.15) is 0 Å². The number of nitrogens with zero attached hydrogens (tertiary/aromatic N) is 1. The van der Waals surface area contributed by atoms with E-state index in [-0.39, 0.29) is 6.42 Å². The molecular weight excluding hydrogens is 334 g/mol. The fourth-order valence-corrected chi connectivity index (χ4v) is 4.05. The first-order valence-electron chi connectivity index (χ1n) is 6.97. The van der Waals surface area contributed by atoms with Crippen LogP contribution in [0, 0.1) is 10.1 Å². The zero-order valence-corrected chi connectivity index (χ0v) is 13.6. The number of sulfone groups is 1. The van der Waals surface area contributed by atoms with Crippen LogP contribution in [0.5, 0.6) is 0 Å². The Balaban J connectivity index is 2.53. The summed E-state index contributed by atoms with van der Waals surface area (Å²) in [6.45, 7) is 0. The summed E-state index contributed by atoms with van der Waals surface area (Å²) in [5, 5.41) is 9.55. The van der Waals surface area contributed by atoms with E-state index in [1.54, 1.807) is 30.3 Å². The fraction of sp³-hybridized carbons (Fsp3) is 0.188. The average molecular weight is 349 g/mol. The summed E-state index contributed by atoms with van der Waals surface area (Å²) in [4.78, 5) is 21.9. The number of hydrogen-bond donors (Lipinski definition) is 0. The first-order chi connectivity index (χ1) is 11.4. The van der Waals surface area contributed by atoms with Crippen LogP contribution in [0.2, 0.25) is 0 Å². The molecule has 0 radical (unpaired) electrons. The highest BCUT2D eigenvalue weighted by molar-refractivity contribution is 7.93. The minimum atomic E-state index is -4.30. The Bertz CT molecular complexity index is 848. The van der Waals surface area contributed by atoms with Crippen molar-refractivity contribution in [3.63, 3.8) is 0 Å². The Morgan fingerprint density at radius 2 is 1.71 bits per heavy atom. The van der Waals surface area contributed by atoms with E-state index >= 15 is 0 Å². The second kappa shape index (κ2) is 7.22. The van der Waals surface area contributed by atoms with E-state index in [1.165, 1.54) is 12.1 Å². The van der Waals surface area contributed by atoms with Gasteiger partial charge >= 0.3 is 5.97 Å². The van der Waals surface area contributed by atoms with Gasteiger partial charge in [-0.15, -0.1) is 0 Å². The molecule has 0 aliphatic heterocycles. The van der Waals surface area contributed by atoms with Crippen LogP contribution < -0.4 is 0 Å². The lowest BCUT2D eigenvalue weighted by atomic mass is 10.1. The first kappa shape index (κ1) is 17.6. The molecule has 24 heavy (non-hydrogen) atoms. The van der Waals surface area contributed by atoms with Crippen LogP contribution in [0.3, 0.4) is 0 Å². The lowest BCUT2D eigenvalue weighted by molar-refractivity contribution is -0.387. The molecule has 0 aliphatic rings. The fourth-order valence-electron chi connectivity index (χ4n) is 2.28. The van der Waals surface area contributed by atoms with Gasteiger partial charge in [-0.3, -0.25) is 14.9 Å². The molecule has 0 amide bonds. The smallest absolute Gasteiger partial charge is 0.324 e. The van der Waals surface area contributed by atoms with Crippen LogP contribution in [0.15, 0.2) is 59.5 Å². The zero-order valence-electron chi connectivity index (χ0n) is 12.8. The van der Waals surface area contributed by atoms with Crippen LogP contribution in [-0.2, 0) is 25.8 Å². The molecule has 7 nitrogen and oxygen atoms in total. The van der Waals surface area contributed by atoms with Crippen molar-refractivity contribution >= 4 is 21.5 Å². The van der Waals surface area contributed by atoms with E-state index in [0.717, 1.165) is 19.2 Å². The number of nitro benzene ring substituents is 1. The van der Waals surface area contributed by atoms with E-state index in [4.69, 9.17) is 0 Å². The molecule has 0 fully saturated rings. The second-order valence-corrected chi connectivity index (χ2v) is 7.07. The van der Waals surface area contributed by atoms with Gasteiger partial charge < -0.3 is 4.74 Å². The first-order valence-corrected chi connectivity index (χ1v) is 8.51. The van der Waals surface area contributed by atoms with Gasteiger partial charge in [0, 0.05) is 12.5 Å². The highest BCUT2D eigenvalue weighted by Crippen LogP contribution is 2.28. The number of para-hydroxylation sites is 1.